The Morgan fingerprint density at radius 2 is 0.987 bits per heavy atom. The van der Waals surface area contributed by atoms with E-state index in [1.807, 2.05) is 0 Å². The first-order chi connectivity index (χ1) is 36.1. The number of fused-ring (bicyclic) bond motifs is 8. The van der Waals surface area contributed by atoms with Crippen LogP contribution in [0.25, 0.3) is 49.8 Å². The number of anilines is 5. The first-order valence-corrected chi connectivity index (χ1v) is 28.3. The van der Waals surface area contributed by atoms with Crippen LogP contribution in [0.15, 0.2) is 169 Å². The first kappa shape index (κ1) is 50.8. The molecule has 0 radical (unpaired) electrons. The fourth-order valence-corrected chi connectivity index (χ4v) is 13.1. The molecule has 0 fully saturated rings. The molecule has 2 aliphatic heterocycles. The second-order valence-electron chi connectivity index (χ2n) is 28.4. The Labute approximate surface area is 460 Å². The van der Waals surface area contributed by atoms with Crippen molar-refractivity contribution in [1.29, 1.82) is 0 Å². The summed E-state index contributed by atoms with van der Waals surface area (Å²) in [7, 11) is 0. The molecule has 0 atom stereocenters. The van der Waals surface area contributed by atoms with Crippen LogP contribution >= 0.6 is 0 Å². The summed E-state index contributed by atoms with van der Waals surface area (Å²) in [6.07, 6.45) is 0. The van der Waals surface area contributed by atoms with Crippen molar-refractivity contribution in [1.82, 2.24) is 4.48 Å². The van der Waals surface area contributed by atoms with Crippen molar-refractivity contribution in [3.8, 4) is 22.3 Å². The van der Waals surface area contributed by atoms with Crippen molar-refractivity contribution in [2.24, 2.45) is 0 Å². The summed E-state index contributed by atoms with van der Waals surface area (Å²) >= 11 is 0. The molecule has 1 aromatic heterocycles. The molecule has 3 aliphatic rings. The molecule has 9 aromatic rings. The lowest BCUT2D eigenvalue weighted by Crippen LogP contribution is -2.52. The maximum absolute atomic E-state index is 2.82. The van der Waals surface area contributed by atoms with Crippen LogP contribution in [0.2, 0.25) is 0 Å². The number of hydrogen-bond donors (Lipinski definition) is 0. The van der Waals surface area contributed by atoms with Gasteiger partial charge in [-0.1, -0.05) is 221 Å². The molecule has 0 saturated carbocycles. The van der Waals surface area contributed by atoms with Crippen molar-refractivity contribution in [2.45, 2.75) is 150 Å². The molecule has 12 rings (SSSR count). The summed E-state index contributed by atoms with van der Waals surface area (Å²) in [6.45, 7) is 40.1. The number of para-hydroxylation sites is 1. The van der Waals surface area contributed by atoms with Crippen LogP contribution in [0.1, 0.15) is 157 Å². The first-order valence-electron chi connectivity index (χ1n) is 28.3. The monoisotopic (exact) mass is 1010 g/mol. The third-order valence-corrected chi connectivity index (χ3v) is 17.6. The fraction of sp³-hybridized carbons (Fsp3) is 0.315. The Balaban J connectivity index is 1.26. The van der Waals surface area contributed by atoms with Crippen LogP contribution < -0.4 is 15.3 Å². The molecule has 388 valence electrons. The van der Waals surface area contributed by atoms with Gasteiger partial charge in [-0.15, -0.1) is 0 Å². The minimum atomic E-state index is -0.328. The summed E-state index contributed by atoms with van der Waals surface area (Å²) in [5.41, 5.74) is 26.5. The maximum Gasteiger partial charge on any atom is 0.329 e. The number of benzene rings is 8. The smallest absolute Gasteiger partial charge is 0.329 e. The van der Waals surface area contributed by atoms with Crippen LogP contribution in [-0.2, 0) is 32.5 Å². The summed E-state index contributed by atoms with van der Waals surface area (Å²) in [6, 6.07) is 63.9. The lowest BCUT2D eigenvalue weighted by molar-refractivity contribution is 0.588. The van der Waals surface area contributed by atoms with Crippen molar-refractivity contribution in [2.75, 3.05) is 9.80 Å². The average molecular weight is 1010 g/mol. The van der Waals surface area contributed by atoms with E-state index >= 15 is 0 Å². The largest absolute Gasteiger partial charge is 0.375 e. The van der Waals surface area contributed by atoms with E-state index < -0.39 is 0 Å². The van der Waals surface area contributed by atoms with Gasteiger partial charge in [-0.05, 0) is 143 Å². The molecule has 77 heavy (non-hydrogen) atoms. The highest BCUT2D eigenvalue weighted by Gasteiger charge is 2.54. The van der Waals surface area contributed by atoms with Gasteiger partial charge >= 0.3 is 6.85 Å². The molecule has 0 unspecified atom stereocenters. The highest BCUT2D eigenvalue weighted by molar-refractivity contribution is 6.85. The zero-order valence-electron chi connectivity index (χ0n) is 49.0. The highest BCUT2D eigenvalue weighted by Crippen LogP contribution is 2.59. The van der Waals surface area contributed by atoms with Gasteiger partial charge in [0.05, 0.1) is 11.4 Å². The average Bonchev–Trinajstić information content (AvgIpc) is 4.00. The van der Waals surface area contributed by atoms with Crippen molar-refractivity contribution >= 4 is 68.3 Å². The van der Waals surface area contributed by atoms with E-state index in [1.54, 1.807) is 0 Å². The van der Waals surface area contributed by atoms with E-state index in [2.05, 4.69) is 296 Å². The molecule has 0 N–H and O–H groups in total. The number of aromatic nitrogens is 1. The van der Waals surface area contributed by atoms with Crippen molar-refractivity contribution < 1.29 is 0 Å². The van der Waals surface area contributed by atoms with Crippen LogP contribution in [-0.4, -0.2) is 11.3 Å². The van der Waals surface area contributed by atoms with Gasteiger partial charge in [0.1, 0.15) is 0 Å². The van der Waals surface area contributed by atoms with E-state index in [0.717, 1.165) is 11.4 Å². The van der Waals surface area contributed by atoms with E-state index in [9.17, 15) is 0 Å². The molecule has 4 heteroatoms. The fourth-order valence-electron chi connectivity index (χ4n) is 13.1. The Kier molecular flexibility index (Phi) is 11.2. The number of nitrogens with zero attached hydrogens (tertiary/aromatic N) is 3. The molecule has 3 heterocycles. The van der Waals surface area contributed by atoms with E-state index in [4.69, 9.17) is 0 Å². The van der Waals surface area contributed by atoms with Crippen LogP contribution in [0.4, 0.5) is 28.4 Å². The molecule has 1 aliphatic carbocycles. The lowest BCUT2D eigenvalue weighted by atomic mass is 9.40. The Bertz CT molecular complexity index is 3890. The van der Waals surface area contributed by atoms with Gasteiger partial charge in [-0.3, -0.25) is 0 Å². The Morgan fingerprint density at radius 1 is 0.442 bits per heavy atom. The minimum Gasteiger partial charge on any atom is -0.375 e. The standard InChI is InChI=1S/C73H78BN3/c1-68(2,3)46-27-33-51(34-28-46)75(59-26-22-21-25-53(59)45-23-19-18-20-24-45)61-40-37-54-55-43-50(72(13,14)15)44-62-64(55)74(77-60-39-32-49(71(10,11)12)42-57(60)63(61)65(54)77)67-66(76(62)52-35-29-47(30-36-52)69(4,5)6)56-41-48(70(7,8)9)31-38-58(56)73(67,16)17/h18-44H,1-17H3. The predicted octanol–water partition coefficient (Wildman–Crippen LogP) is 19.5. The molecule has 0 spiro atoms. The molecule has 0 amide bonds. The minimum absolute atomic E-state index is 0.00708. The van der Waals surface area contributed by atoms with Gasteiger partial charge in [0.25, 0.3) is 0 Å². The Morgan fingerprint density at radius 3 is 1.61 bits per heavy atom. The third kappa shape index (κ3) is 7.97. The molecule has 0 saturated heterocycles. The van der Waals surface area contributed by atoms with Crippen LogP contribution in [0.3, 0.4) is 0 Å². The summed E-state index contributed by atoms with van der Waals surface area (Å²) < 4.78 is 2.82. The molecule has 0 bridgehead atoms. The van der Waals surface area contributed by atoms with E-state index in [0.29, 0.717) is 0 Å². The van der Waals surface area contributed by atoms with Gasteiger partial charge in [0.15, 0.2) is 0 Å². The van der Waals surface area contributed by atoms with Gasteiger partial charge in [-0.25, -0.2) is 0 Å². The Hall–Kier alpha value is -7.04. The maximum atomic E-state index is 2.82. The van der Waals surface area contributed by atoms with E-state index in [-0.39, 0.29) is 39.3 Å². The van der Waals surface area contributed by atoms with Gasteiger partial charge in [0.2, 0.25) is 0 Å². The second-order valence-corrected chi connectivity index (χ2v) is 28.4. The summed E-state index contributed by atoms with van der Waals surface area (Å²) in [5.74, 6) is 0. The van der Waals surface area contributed by atoms with E-state index in [1.165, 1.54) is 117 Å². The zero-order valence-corrected chi connectivity index (χ0v) is 49.0. The SMILES string of the molecule is CC(C)(C)c1ccc(N2C3=C(B4c5c(cc(C(C)(C)C)cc52)-c2ccc(N(c5ccc(C(C)(C)C)cc5)c5ccccc5-c5ccccc5)c5c6cc(C(C)(C)C)ccc6n4c25)C(C)(C)c2ccc(C(C)(C)C)cc23)cc1. The third-order valence-electron chi connectivity index (χ3n) is 17.6. The molecule has 8 aromatic carbocycles. The lowest BCUT2D eigenvalue weighted by Gasteiger charge is -2.44. The van der Waals surface area contributed by atoms with Gasteiger partial charge < -0.3 is 14.3 Å². The molecular formula is C73H78BN3. The van der Waals surface area contributed by atoms with Crippen LogP contribution in [0, 0.1) is 0 Å². The van der Waals surface area contributed by atoms with Gasteiger partial charge in [-0.2, -0.15) is 0 Å². The summed E-state index contributed by atoms with van der Waals surface area (Å²) in [5, 5.41) is 2.57. The number of allylic oxidation sites excluding steroid dienone is 1. The highest BCUT2D eigenvalue weighted by atomic mass is 15.2. The van der Waals surface area contributed by atoms with Crippen molar-refractivity contribution in [3.05, 3.63) is 208 Å². The molecular weight excluding hydrogens is 930 g/mol. The number of rotatable bonds is 5. The predicted molar refractivity (Wildman–Crippen MR) is 334 cm³/mol. The topological polar surface area (TPSA) is 11.4 Å². The normalized spacial score (nSPS) is 15.1. The van der Waals surface area contributed by atoms with Gasteiger partial charge in [0, 0.05) is 66.7 Å². The second kappa shape index (κ2) is 17.0. The quantitative estimate of drug-likeness (QED) is 0.159. The van der Waals surface area contributed by atoms with Crippen LogP contribution in [0.5, 0.6) is 0 Å². The number of hydrogen-bond acceptors (Lipinski definition) is 2. The molecule has 3 nitrogen and oxygen atoms in total. The summed E-state index contributed by atoms with van der Waals surface area (Å²) in [4.78, 5) is 5.27. The van der Waals surface area contributed by atoms with Crippen molar-refractivity contribution in [3.63, 3.8) is 0 Å². The zero-order chi connectivity index (χ0) is 54.7.